The van der Waals surface area contributed by atoms with Crippen LogP contribution in [0.3, 0.4) is 0 Å². The Morgan fingerprint density at radius 2 is 1.61 bits per heavy atom. The Balaban J connectivity index is 1.24. The van der Waals surface area contributed by atoms with Gasteiger partial charge in [0.25, 0.3) is 17.4 Å². The minimum Gasteiger partial charge on any atom is -0.487 e. The number of ether oxygens (including phenoxy) is 1. The highest BCUT2D eigenvalue weighted by molar-refractivity contribution is 6.06. The maximum Gasteiger partial charge on any atom is 0.290 e. The van der Waals surface area contributed by atoms with E-state index >= 15 is 0 Å². The molecule has 0 aliphatic rings. The number of benzene rings is 3. The van der Waals surface area contributed by atoms with Crippen molar-refractivity contribution in [3.05, 3.63) is 112 Å². The van der Waals surface area contributed by atoms with E-state index in [1.165, 1.54) is 4.68 Å². The number of aryl methyl sites for hydroxylation is 1. The van der Waals surface area contributed by atoms with Gasteiger partial charge in [-0.1, -0.05) is 55.5 Å². The quantitative estimate of drug-likeness (QED) is 0.322. The highest BCUT2D eigenvalue weighted by Crippen LogP contribution is 2.24. The smallest absolute Gasteiger partial charge is 0.290 e. The molecule has 5 rings (SSSR count). The summed E-state index contributed by atoms with van der Waals surface area (Å²) in [5, 5.41) is 6.04. The molecule has 0 fully saturated rings. The van der Waals surface area contributed by atoms with Gasteiger partial charge in [-0.2, -0.15) is 5.10 Å². The van der Waals surface area contributed by atoms with E-state index in [2.05, 4.69) is 20.9 Å². The van der Waals surface area contributed by atoms with Gasteiger partial charge in [0.05, 0.1) is 5.39 Å². The van der Waals surface area contributed by atoms with Crippen LogP contribution >= 0.6 is 0 Å². The summed E-state index contributed by atoms with van der Waals surface area (Å²) in [5.74, 6) is -0.428. The van der Waals surface area contributed by atoms with Gasteiger partial charge in [-0.25, -0.2) is 4.68 Å². The zero-order valence-electron chi connectivity index (χ0n) is 20.7. The van der Waals surface area contributed by atoms with E-state index in [1.54, 1.807) is 54.7 Å². The summed E-state index contributed by atoms with van der Waals surface area (Å²) in [5.41, 5.74) is 6.64. The number of aromatic nitrogens is 3. The van der Waals surface area contributed by atoms with Gasteiger partial charge in [-0.15, -0.1) is 0 Å². The summed E-state index contributed by atoms with van der Waals surface area (Å²) in [6.07, 6.45) is 2.41. The second-order valence-electron chi connectivity index (χ2n) is 8.65. The number of carbonyl (C=O) groups is 2. The highest BCUT2D eigenvalue weighted by atomic mass is 16.5. The molecule has 190 valence electrons. The van der Waals surface area contributed by atoms with Crippen LogP contribution in [0.4, 0.5) is 0 Å². The van der Waals surface area contributed by atoms with Gasteiger partial charge >= 0.3 is 0 Å². The van der Waals surface area contributed by atoms with E-state index in [0.717, 1.165) is 16.5 Å². The molecule has 3 aromatic carbocycles. The fourth-order valence-electron chi connectivity index (χ4n) is 4.12. The van der Waals surface area contributed by atoms with Crippen LogP contribution in [-0.2, 0) is 13.2 Å². The number of pyridine rings is 1. The molecule has 2 N–H and O–H groups in total. The lowest BCUT2D eigenvalue weighted by Crippen LogP contribution is -2.42. The summed E-state index contributed by atoms with van der Waals surface area (Å²) < 4.78 is 7.22. The van der Waals surface area contributed by atoms with Crippen molar-refractivity contribution in [3.8, 4) is 5.75 Å². The van der Waals surface area contributed by atoms with Crippen LogP contribution in [0.1, 0.15) is 39.8 Å². The minimum atomic E-state index is -0.617. The predicted molar refractivity (Wildman–Crippen MR) is 144 cm³/mol. The first kappa shape index (κ1) is 24.6. The number of para-hydroxylation sites is 1. The molecule has 38 heavy (non-hydrogen) atoms. The number of hydrogen-bond donors (Lipinski definition) is 2. The summed E-state index contributed by atoms with van der Waals surface area (Å²) in [4.78, 5) is 42.6. The van der Waals surface area contributed by atoms with Crippen molar-refractivity contribution in [3.63, 3.8) is 0 Å². The number of fused-ring (bicyclic) bond motifs is 2. The van der Waals surface area contributed by atoms with Crippen LogP contribution in [0.25, 0.3) is 21.7 Å². The molecule has 5 aromatic rings. The Hall–Kier alpha value is -5.05. The molecule has 2 aromatic heterocycles. The van der Waals surface area contributed by atoms with E-state index in [0.29, 0.717) is 41.7 Å². The monoisotopic (exact) mass is 507 g/mol. The Labute approximate surface area is 218 Å². The normalized spacial score (nSPS) is 10.9. The van der Waals surface area contributed by atoms with Crippen molar-refractivity contribution in [1.82, 2.24) is 25.6 Å². The lowest BCUT2D eigenvalue weighted by molar-refractivity contribution is 0.0843. The fraction of sp³-hybridized carbons (Fsp3) is 0.138. The van der Waals surface area contributed by atoms with Crippen molar-refractivity contribution in [2.45, 2.75) is 26.5 Å². The van der Waals surface area contributed by atoms with Gasteiger partial charge in [0, 0.05) is 29.1 Å². The molecule has 2 heterocycles. The number of hydrazine groups is 1. The van der Waals surface area contributed by atoms with Crippen molar-refractivity contribution in [2.24, 2.45) is 0 Å². The third-order valence-corrected chi connectivity index (χ3v) is 6.01. The lowest BCUT2D eigenvalue weighted by Gasteiger charge is -2.12. The molecule has 0 unspecified atom stereocenters. The molecule has 9 nitrogen and oxygen atoms in total. The van der Waals surface area contributed by atoms with Gasteiger partial charge in [-0.3, -0.25) is 30.2 Å². The summed E-state index contributed by atoms with van der Waals surface area (Å²) in [6.45, 7) is 2.60. The topological polar surface area (TPSA) is 115 Å². The van der Waals surface area contributed by atoms with Crippen LogP contribution in [0.15, 0.2) is 89.9 Å². The van der Waals surface area contributed by atoms with Gasteiger partial charge in [0.1, 0.15) is 17.9 Å². The van der Waals surface area contributed by atoms with Crippen LogP contribution in [0, 0.1) is 0 Å². The van der Waals surface area contributed by atoms with Crippen molar-refractivity contribution >= 4 is 33.5 Å². The summed E-state index contributed by atoms with van der Waals surface area (Å²) in [7, 11) is 0. The van der Waals surface area contributed by atoms with Gasteiger partial charge in [0.15, 0.2) is 5.69 Å². The molecule has 0 spiro atoms. The summed E-state index contributed by atoms with van der Waals surface area (Å²) >= 11 is 0. The lowest BCUT2D eigenvalue weighted by atomic mass is 10.1. The molecule has 0 radical (unpaired) electrons. The number of rotatable bonds is 7. The average Bonchev–Trinajstić information content (AvgIpc) is 2.96. The Morgan fingerprint density at radius 1 is 0.868 bits per heavy atom. The van der Waals surface area contributed by atoms with Crippen LogP contribution in [-0.4, -0.2) is 26.6 Å². The number of nitrogens with zero attached hydrogens (tertiary/aromatic N) is 3. The maximum absolute atomic E-state index is 12.9. The predicted octanol–water partition coefficient (Wildman–Crippen LogP) is 4.01. The molecule has 0 saturated heterocycles. The fourth-order valence-corrected chi connectivity index (χ4v) is 4.12. The average molecular weight is 508 g/mol. The number of amides is 2. The Morgan fingerprint density at radius 3 is 2.39 bits per heavy atom. The maximum atomic E-state index is 12.9. The molecule has 9 heteroatoms. The van der Waals surface area contributed by atoms with E-state index in [-0.39, 0.29) is 11.3 Å². The molecule has 0 atom stereocenters. The standard InChI is InChI=1S/C29H25N5O4/c1-2-17-34-29(37)23-10-4-3-9-22(23)26(33-34)28(36)32-31-27(35)21-14-12-19(13-15-21)18-38-24-11-5-7-20-8-6-16-30-25(20)24/h3-16H,2,17-18H2,1H3,(H,31,35)(H,32,36). The number of hydrogen-bond acceptors (Lipinski definition) is 6. The van der Waals surface area contributed by atoms with E-state index < -0.39 is 11.8 Å². The first-order valence-electron chi connectivity index (χ1n) is 12.2. The molecule has 0 saturated carbocycles. The molecular formula is C29H25N5O4. The van der Waals surface area contributed by atoms with Crippen LogP contribution in [0.2, 0.25) is 0 Å². The number of nitrogens with one attached hydrogen (secondary N) is 2. The third kappa shape index (κ3) is 5.08. The van der Waals surface area contributed by atoms with Crippen molar-refractivity contribution in [2.75, 3.05) is 0 Å². The van der Waals surface area contributed by atoms with Gasteiger partial charge < -0.3 is 4.74 Å². The molecule has 2 amide bonds. The largest absolute Gasteiger partial charge is 0.487 e. The van der Waals surface area contributed by atoms with Crippen LogP contribution in [0.5, 0.6) is 5.75 Å². The SMILES string of the molecule is CCCn1nc(C(=O)NNC(=O)c2ccc(COc3cccc4cccnc34)cc2)c2ccccc2c1=O. The first-order valence-corrected chi connectivity index (χ1v) is 12.2. The summed E-state index contributed by atoms with van der Waals surface area (Å²) in [6, 6.07) is 23.2. The molecule has 0 bridgehead atoms. The van der Waals surface area contributed by atoms with E-state index in [9.17, 15) is 14.4 Å². The zero-order chi connectivity index (χ0) is 26.5. The minimum absolute atomic E-state index is 0.0596. The Kier molecular flexibility index (Phi) is 7.08. The Bertz CT molecular complexity index is 1690. The van der Waals surface area contributed by atoms with Gasteiger partial charge in [-0.05, 0) is 42.3 Å². The van der Waals surface area contributed by atoms with E-state index in [1.807, 2.05) is 37.3 Å². The van der Waals surface area contributed by atoms with Crippen molar-refractivity contribution < 1.29 is 14.3 Å². The molecular weight excluding hydrogens is 482 g/mol. The highest BCUT2D eigenvalue weighted by Gasteiger charge is 2.17. The molecule has 0 aliphatic heterocycles. The molecule has 0 aliphatic carbocycles. The third-order valence-electron chi connectivity index (χ3n) is 6.01. The van der Waals surface area contributed by atoms with Crippen molar-refractivity contribution in [1.29, 1.82) is 0 Å². The second kappa shape index (κ2) is 10.9. The van der Waals surface area contributed by atoms with Gasteiger partial charge in [0.2, 0.25) is 0 Å². The first-order chi connectivity index (χ1) is 18.5. The van der Waals surface area contributed by atoms with Crippen LogP contribution < -0.4 is 21.1 Å². The number of carbonyl (C=O) groups excluding carboxylic acids is 2. The van der Waals surface area contributed by atoms with E-state index in [4.69, 9.17) is 4.74 Å². The second-order valence-corrected chi connectivity index (χ2v) is 8.65. The zero-order valence-corrected chi connectivity index (χ0v) is 20.7.